The molecule has 108 valence electrons. The standard InChI is InChI=1S/C13H9F2N3O3/c14-7-1-3-9(12(5-7)18(20)21)13(19)17-11-6-8(16)2-4-10(11)15/h1-6H,16H2,(H,17,19). The number of nitrogens with one attached hydrogen (secondary N) is 1. The fourth-order valence-electron chi connectivity index (χ4n) is 1.68. The van der Waals surface area contributed by atoms with Crippen LogP contribution in [0.25, 0.3) is 0 Å². The van der Waals surface area contributed by atoms with Gasteiger partial charge in [0.25, 0.3) is 11.6 Å². The van der Waals surface area contributed by atoms with Crippen LogP contribution in [0.5, 0.6) is 0 Å². The fourth-order valence-corrected chi connectivity index (χ4v) is 1.68. The molecule has 6 nitrogen and oxygen atoms in total. The van der Waals surface area contributed by atoms with Gasteiger partial charge in [-0.15, -0.1) is 0 Å². The van der Waals surface area contributed by atoms with Gasteiger partial charge in [-0.25, -0.2) is 8.78 Å². The lowest BCUT2D eigenvalue weighted by molar-refractivity contribution is -0.385. The van der Waals surface area contributed by atoms with Gasteiger partial charge in [-0.1, -0.05) is 0 Å². The first-order valence-corrected chi connectivity index (χ1v) is 5.69. The number of nitrogen functional groups attached to an aromatic ring is 1. The van der Waals surface area contributed by atoms with Gasteiger partial charge in [0, 0.05) is 5.69 Å². The van der Waals surface area contributed by atoms with Crippen molar-refractivity contribution in [3.8, 4) is 0 Å². The summed E-state index contributed by atoms with van der Waals surface area (Å²) >= 11 is 0. The number of nitrogens with zero attached hydrogens (tertiary/aromatic N) is 1. The Balaban J connectivity index is 2.37. The van der Waals surface area contributed by atoms with Crippen LogP contribution >= 0.6 is 0 Å². The molecule has 0 unspecified atom stereocenters. The molecule has 0 aromatic heterocycles. The Morgan fingerprint density at radius 3 is 2.57 bits per heavy atom. The molecule has 21 heavy (non-hydrogen) atoms. The maximum absolute atomic E-state index is 13.5. The lowest BCUT2D eigenvalue weighted by atomic mass is 10.1. The molecule has 0 aliphatic heterocycles. The lowest BCUT2D eigenvalue weighted by Gasteiger charge is -2.07. The molecular formula is C13H9F2N3O3. The van der Waals surface area contributed by atoms with E-state index in [0.29, 0.717) is 6.07 Å². The quantitative estimate of drug-likeness (QED) is 0.516. The van der Waals surface area contributed by atoms with E-state index in [1.807, 2.05) is 0 Å². The molecule has 2 rings (SSSR count). The topological polar surface area (TPSA) is 98.3 Å². The molecule has 1 amide bonds. The molecule has 0 saturated carbocycles. The van der Waals surface area contributed by atoms with Crippen LogP contribution in [0.2, 0.25) is 0 Å². The second kappa shape index (κ2) is 5.53. The van der Waals surface area contributed by atoms with Crippen LogP contribution in [0.15, 0.2) is 36.4 Å². The minimum absolute atomic E-state index is 0.209. The summed E-state index contributed by atoms with van der Waals surface area (Å²) in [5.74, 6) is -2.54. The number of nitro benzene ring substituents is 1. The van der Waals surface area contributed by atoms with E-state index in [4.69, 9.17) is 5.73 Å². The number of halogens is 2. The van der Waals surface area contributed by atoms with Gasteiger partial charge in [0.2, 0.25) is 0 Å². The summed E-state index contributed by atoms with van der Waals surface area (Å²) in [6, 6.07) is 5.98. The largest absolute Gasteiger partial charge is 0.399 e. The number of anilines is 2. The Morgan fingerprint density at radius 1 is 1.19 bits per heavy atom. The van der Waals surface area contributed by atoms with Crippen molar-refractivity contribution in [2.45, 2.75) is 0 Å². The summed E-state index contributed by atoms with van der Waals surface area (Å²) < 4.78 is 26.5. The maximum atomic E-state index is 13.5. The molecule has 3 N–H and O–H groups in total. The Hall–Kier alpha value is -3.03. The van der Waals surface area contributed by atoms with Crippen LogP contribution in [-0.4, -0.2) is 10.8 Å². The van der Waals surface area contributed by atoms with Crippen molar-refractivity contribution >= 4 is 23.0 Å². The van der Waals surface area contributed by atoms with E-state index in [-0.39, 0.29) is 16.9 Å². The summed E-state index contributed by atoms with van der Waals surface area (Å²) in [4.78, 5) is 21.9. The zero-order valence-electron chi connectivity index (χ0n) is 10.5. The Bertz CT molecular complexity index is 735. The number of hydrogen-bond acceptors (Lipinski definition) is 4. The predicted molar refractivity (Wildman–Crippen MR) is 71.8 cm³/mol. The number of benzene rings is 2. The Labute approximate surface area is 117 Å². The highest BCUT2D eigenvalue weighted by Crippen LogP contribution is 2.23. The minimum atomic E-state index is -0.939. The highest BCUT2D eigenvalue weighted by Gasteiger charge is 2.21. The number of carbonyl (C=O) groups is 1. The highest BCUT2D eigenvalue weighted by molar-refractivity contribution is 6.07. The fraction of sp³-hybridized carbons (Fsp3) is 0. The molecule has 0 aliphatic carbocycles. The SMILES string of the molecule is Nc1ccc(F)c(NC(=O)c2ccc(F)cc2[N+](=O)[O-])c1. The van der Waals surface area contributed by atoms with Crippen LogP contribution in [0.4, 0.5) is 25.8 Å². The van der Waals surface area contributed by atoms with Gasteiger partial charge < -0.3 is 11.1 Å². The summed E-state index contributed by atoms with van der Waals surface area (Å²) in [6.45, 7) is 0. The summed E-state index contributed by atoms with van der Waals surface area (Å²) in [5, 5.41) is 13.0. The van der Waals surface area contributed by atoms with E-state index < -0.39 is 28.2 Å². The first kappa shape index (κ1) is 14.4. The van der Waals surface area contributed by atoms with Crippen molar-refractivity contribution < 1.29 is 18.5 Å². The number of nitrogens with two attached hydrogens (primary N) is 1. The van der Waals surface area contributed by atoms with Gasteiger partial charge >= 0.3 is 0 Å². The number of carbonyl (C=O) groups excluding carboxylic acids is 1. The first-order valence-electron chi connectivity index (χ1n) is 5.69. The van der Waals surface area contributed by atoms with Gasteiger partial charge in [0.15, 0.2) is 0 Å². The maximum Gasteiger partial charge on any atom is 0.285 e. The monoisotopic (exact) mass is 293 g/mol. The Kier molecular flexibility index (Phi) is 3.79. The van der Waals surface area contributed by atoms with Crippen molar-refractivity contribution in [3.63, 3.8) is 0 Å². The average molecular weight is 293 g/mol. The molecule has 0 fully saturated rings. The van der Waals surface area contributed by atoms with E-state index in [1.165, 1.54) is 12.1 Å². The third-order valence-corrected chi connectivity index (χ3v) is 2.64. The van der Waals surface area contributed by atoms with Gasteiger partial charge in [-0.3, -0.25) is 14.9 Å². The van der Waals surface area contributed by atoms with Crippen LogP contribution in [0, 0.1) is 21.7 Å². The van der Waals surface area contributed by atoms with E-state index in [1.54, 1.807) is 0 Å². The average Bonchev–Trinajstić information content (AvgIpc) is 2.42. The van der Waals surface area contributed by atoms with E-state index in [0.717, 1.165) is 18.2 Å². The summed E-state index contributed by atoms with van der Waals surface area (Å²) in [6.07, 6.45) is 0. The molecule has 0 radical (unpaired) electrons. The zero-order valence-corrected chi connectivity index (χ0v) is 10.5. The van der Waals surface area contributed by atoms with Gasteiger partial charge in [-0.2, -0.15) is 0 Å². The second-order valence-electron chi connectivity index (χ2n) is 4.11. The molecule has 0 saturated heterocycles. The Morgan fingerprint density at radius 2 is 1.90 bits per heavy atom. The molecule has 2 aromatic rings. The summed E-state index contributed by atoms with van der Waals surface area (Å²) in [7, 11) is 0. The van der Waals surface area contributed by atoms with Crippen molar-refractivity contribution in [2.75, 3.05) is 11.1 Å². The first-order chi connectivity index (χ1) is 9.88. The molecule has 0 spiro atoms. The van der Waals surface area contributed by atoms with Gasteiger partial charge in [0.05, 0.1) is 16.7 Å². The molecule has 2 aromatic carbocycles. The van der Waals surface area contributed by atoms with Gasteiger partial charge in [-0.05, 0) is 30.3 Å². The third kappa shape index (κ3) is 3.11. The smallest absolute Gasteiger partial charge is 0.285 e. The number of nitro groups is 1. The van der Waals surface area contributed by atoms with E-state index >= 15 is 0 Å². The van der Waals surface area contributed by atoms with Crippen molar-refractivity contribution in [1.82, 2.24) is 0 Å². The van der Waals surface area contributed by atoms with E-state index in [2.05, 4.69) is 5.32 Å². The lowest BCUT2D eigenvalue weighted by Crippen LogP contribution is -2.15. The summed E-state index contributed by atoms with van der Waals surface area (Å²) in [5.41, 5.74) is 4.35. The van der Waals surface area contributed by atoms with Crippen molar-refractivity contribution in [1.29, 1.82) is 0 Å². The van der Waals surface area contributed by atoms with Crippen molar-refractivity contribution in [2.24, 2.45) is 0 Å². The molecule has 0 heterocycles. The number of amides is 1. The molecule has 0 atom stereocenters. The van der Waals surface area contributed by atoms with Crippen LogP contribution in [-0.2, 0) is 0 Å². The van der Waals surface area contributed by atoms with Crippen LogP contribution in [0.3, 0.4) is 0 Å². The zero-order chi connectivity index (χ0) is 15.6. The molecule has 0 bridgehead atoms. The normalized spacial score (nSPS) is 10.2. The van der Waals surface area contributed by atoms with Crippen molar-refractivity contribution in [3.05, 3.63) is 63.7 Å². The van der Waals surface area contributed by atoms with Gasteiger partial charge in [0.1, 0.15) is 17.2 Å². The van der Waals surface area contributed by atoms with Crippen LogP contribution < -0.4 is 11.1 Å². The second-order valence-corrected chi connectivity index (χ2v) is 4.11. The van der Waals surface area contributed by atoms with Crippen LogP contribution in [0.1, 0.15) is 10.4 Å². The number of rotatable bonds is 3. The molecule has 8 heteroatoms. The highest BCUT2D eigenvalue weighted by atomic mass is 19.1. The third-order valence-electron chi connectivity index (χ3n) is 2.64. The molecular weight excluding hydrogens is 284 g/mol. The van der Waals surface area contributed by atoms with E-state index in [9.17, 15) is 23.7 Å². The predicted octanol–water partition coefficient (Wildman–Crippen LogP) is 2.71. The molecule has 0 aliphatic rings. The minimum Gasteiger partial charge on any atom is -0.399 e. The number of hydrogen-bond donors (Lipinski definition) is 2.